The number of carbonyl (C=O) groups excluding carboxylic acids is 2. The third-order valence-electron chi connectivity index (χ3n) is 3.46. The molecule has 0 heterocycles. The molecule has 0 saturated carbocycles. The van der Waals surface area contributed by atoms with Crippen LogP contribution in [0.15, 0.2) is 53.0 Å². The van der Waals surface area contributed by atoms with Gasteiger partial charge in [0, 0.05) is 15.7 Å². The van der Waals surface area contributed by atoms with Crippen LogP contribution in [0.4, 0.5) is 10.1 Å². The summed E-state index contributed by atoms with van der Waals surface area (Å²) in [5.41, 5.74) is 1.61. The number of likely N-dealkylation sites (N-methyl/N-ethyl adjacent to an activating group) is 1. The van der Waals surface area contributed by atoms with Gasteiger partial charge in [0.05, 0.1) is 13.6 Å². The van der Waals surface area contributed by atoms with E-state index in [-0.39, 0.29) is 30.7 Å². The van der Waals surface area contributed by atoms with Crippen LogP contribution in [0.3, 0.4) is 0 Å². The Morgan fingerprint density at radius 3 is 2.32 bits per heavy atom. The van der Waals surface area contributed by atoms with Crippen LogP contribution in [-0.4, -0.2) is 32.0 Å². The van der Waals surface area contributed by atoms with Crippen molar-refractivity contribution in [2.24, 2.45) is 0 Å². The molecule has 2 amide bonds. The lowest BCUT2D eigenvalue weighted by atomic mass is 10.2. The Hall–Kier alpha value is -2.25. The summed E-state index contributed by atoms with van der Waals surface area (Å²) in [4.78, 5) is 24.7. The molecule has 0 fully saturated rings. The summed E-state index contributed by atoms with van der Waals surface area (Å²) in [6, 6.07) is 13.4. The van der Waals surface area contributed by atoms with E-state index >= 15 is 0 Å². The van der Waals surface area contributed by atoms with E-state index in [0.29, 0.717) is 12.2 Å². The second-order valence-corrected chi connectivity index (χ2v) is 6.68. The highest BCUT2D eigenvalue weighted by Gasteiger charge is 2.12. The third kappa shape index (κ3) is 7.03. The molecule has 0 aliphatic heterocycles. The Balaban J connectivity index is 1.71. The molecule has 0 spiro atoms. The van der Waals surface area contributed by atoms with Gasteiger partial charge in [0.2, 0.25) is 5.91 Å². The normalized spacial score (nSPS) is 11.6. The van der Waals surface area contributed by atoms with Crippen molar-refractivity contribution < 1.29 is 18.9 Å². The van der Waals surface area contributed by atoms with Crippen molar-refractivity contribution in [3.8, 4) is 0 Å². The molecule has 2 rings (SSSR count). The number of benzene rings is 2. The largest absolute Gasteiger partial charge is 0.342 e. The Morgan fingerprint density at radius 1 is 1.04 bits per heavy atom. The van der Waals surface area contributed by atoms with Crippen LogP contribution in [0.1, 0.15) is 5.56 Å². The second kappa shape index (κ2) is 9.29. The first kappa shape index (κ1) is 19.1. The Kier molecular flexibility index (Phi) is 7.09. The lowest BCUT2D eigenvalue weighted by Gasteiger charge is -2.14. The van der Waals surface area contributed by atoms with Gasteiger partial charge in [-0.05, 0) is 36.4 Å². The lowest BCUT2D eigenvalue weighted by molar-refractivity contribution is -0.885. The first-order valence-electron chi connectivity index (χ1n) is 7.80. The fourth-order valence-electron chi connectivity index (χ4n) is 2.27. The van der Waals surface area contributed by atoms with E-state index in [1.54, 1.807) is 0 Å². The predicted octanol–water partition coefficient (Wildman–Crippen LogP) is 1.36. The van der Waals surface area contributed by atoms with Crippen molar-refractivity contribution in [1.82, 2.24) is 5.32 Å². The summed E-state index contributed by atoms with van der Waals surface area (Å²) in [5, 5.41) is 5.18. The maximum Gasteiger partial charge on any atom is 0.275 e. The summed E-state index contributed by atoms with van der Waals surface area (Å²) in [6.07, 6.45) is 0. The molecule has 0 aromatic heterocycles. The van der Waals surface area contributed by atoms with Crippen LogP contribution < -0.4 is 15.5 Å². The number of rotatable bonds is 7. The number of amides is 2. The summed E-state index contributed by atoms with van der Waals surface area (Å²) >= 11 is 3.39. The molecule has 3 N–H and O–H groups in total. The third-order valence-corrected chi connectivity index (χ3v) is 3.98. The molecule has 0 bridgehead atoms. The zero-order valence-corrected chi connectivity index (χ0v) is 15.4. The van der Waals surface area contributed by atoms with Gasteiger partial charge in [-0.25, -0.2) is 4.39 Å². The Morgan fingerprint density at radius 2 is 1.68 bits per heavy atom. The summed E-state index contributed by atoms with van der Waals surface area (Å²) in [5.74, 6) is -0.933. The van der Waals surface area contributed by atoms with Crippen molar-refractivity contribution in [3.05, 3.63) is 64.4 Å². The standard InChI is InChI=1S/C18H19BrFN3O2/c1-23(11-13-2-4-14(19)5-3-13)12-18(25)21-10-17(24)22-16-8-6-15(20)7-9-16/h2-9H,10-12H2,1H3,(H,21,25)(H,22,24)/p+1. The highest BCUT2D eigenvalue weighted by molar-refractivity contribution is 9.10. The van der Waals surface area contributed by atoms with Gasteiger partial charge >= 0.3 is 0 Å². The predicted molar refractivity (Wildman–Crippen MR) is 97.6 cm³/mol. The molecule has 5 nitrogen and oxygen atoms in total. The highest BCUT2D eigenvalue weighted by atomic mass is 79.9. The number of quaternary nitrogens is 1. The van der Waals surface area contributed by atoms with Crippen molar-refractivity contribution in [2.45, 2.75) is 6.54 Å². The maximum absolute atomic E-state index is 12.8. The van der Waals surface area contributed by atoms with E-state index in [1.807, 2.05) is 31.3 Å². The molecule has 0 radical (unpaired) electrons. The molecule has 25 heavy (non-hydrogen) atoms. The summed E-state index contributed by atoms with van der Waals surface area (Å²) in [7, 11) is 1.92. The van der Waals surface area contributed by atoms with Crippen LogP contribution in [0.2, 0.25) is 0 Å². The molecule has 7 heteroatoms. The maximum atomic E-state index is 12.8. The summed E-state index contributed by atoms with van der Waals surface area (Å²) in [6.45, 7) is 0.851. The first-order chi connectivity index (χ1) is 11.9. The van der Waals surface area contributed by atoms with Gasteiger partial charge < -0.3 is 15.5 Å². The molecule has 2 aromatic carbocycles. The van der Waals surface area contributed by atoms with E-state index in [2.05, 4.69) is 26.6 Å². The van der Waals surface area contributed by atoms with Gasteiger partial charge in [0.25, 0.3) is 5.91 Å². The van der Waals surface area contributed by atoms with Gasteiger partial charge in [-0.2, -0.15) is 0 Å². The molecule has 0 aliphatic rings. The van der Waals surface area contributed by atoms with Crippen molar-refractivity contribution in [1.29, 1.82) is 0 Å². The fraction of sp³-hybridized carbons (Fsp3) is 0.222. The molecular formula is C18H20BrFN3O2+. The number of nitrogens with one attached hydrogen (secondary N) is 3. The van der Waals surface area contributed by atoms with Gasteiger partial charge in [-0.1, -0.05) is 28.1 Å². The van der Waals surface area contributed by atoms with Gasteiger partial charge in [0.15, 0.2) is 6.54 Å². The highest BCUT2D eigenvalue weighted by Crippen LogP contribution is 2.09. The number of carbonyl (C=O) groups is 2. The van der Waals surface area contributed by atoms with E-state index in [0.717, 1.165) is 14.9 Å². The smallest absolute Gasteiger partial charge is 0.275 e. The van der Waals surface area contributed by atoms with Crippen LogP contribution in [0.5, 0.6) is 0 Å². The average molecular weight is 409 g/mol. The molecule has 2 aromatic rings. The van der Waals surface area contributed by atoms with E-state index in [9.17, 15) is 14.0 Å². The van der Waals surface area contributed by atoms with Crippen molar-refractivity contribution in [3.63, 3.8) is 0 Å². The van der Waals surface area contributed by atoms with Crippen LogP contribution in [-0.2, 0) is 16.1 Å². The van der Waals surface area contributed by atoms with Crippen molar-refractivity contribution >= 4 is 33.4 Å². The zero-order valence-electron chi connectivity index (χ0n) is 13.8. The van der Waals surface area contributed by atoms with E-state index < -0.39 is 0 Å². The number of hydrogen-bond acceptors (Lipinski definition) is 2. The van der Waals surface area contributed by atoms with E-state index in [4.69, 9.17) is 0 Å². The monoisotopic (exact) mass is 408 g/mol. The lowest BCUT2D eigenvalue weighted by Crippen LogP contribution is -3.08. The van der Waals surface area contributed by atoms with Gasteiger partial charge in [-0.3, -0.25) is 9.59 Å². The number of halogens is 2. The topological polar surface area (TPSA) is 62.6 Å². The van der Waals surface area contributed by atoms with E-state index in [1.165, 1.54) is 24.3 Å². The number of anilines is 1. The molecule has 132 valence electrons. The van der Waals surface area contributed by atoms with Gasteiger partial charge in [-0.15, -0.1) is 0 Å². The molecular weight excluding hydrogens is 389 g/mol. The Bertz CT molecular complexity index is 720. The van der Waals surface area contributed by atoms with Crippen molar-refractivity contribution in [2.75, 3.05) is 25.5 Å². The minimum Gasteiger partial charge on any atom is -0.342 e. The minimum atomic E-state index is -0.372. The quantitative estimate of drug-likeness (QED) is 0.647. The molecule has 1 unspecified atom stereocenters. The second-order valence-electron chi connectivity index (χ2n) is 5.77. The Labute approximate surface area is 154 Å². The van der Waals surface area contributed by atoms with Crippen LogP contribution >= 0.6 is 15.9 Å². The molecule has 1 atom stereocenters. The van der Waals surface area contributed by atoms with Gasteiger partial charge in [0.1, 0.15) is 12.4 Å². The zero-order chi connectivity index (χ0) is 18.2. The minimum absolute atomic E-state index is 0.123. The average Bonchev–Trinajstić information content (AvgIpc) is 2.57. The van der Waals surface area contributed by atoms with Crippen LogP contribution in [0, 0.1) is 5.82 Å². The summed E-state index contributed by atoms with van der Waals surface area (Å²) < 4.78 is 13.8. The fourth-order valence-corrected chi connectivity index (χ4v) is 2.53. The number of hydrogen-bond donors (Lipinski definition) is 3. The van der Waals surface area contributed by atoms with Crippen LogP contribution in [0.25, 0.3) is 0 Å². The SMILES string of the molecule is C[NH+](CC(=O)NCC(=O)Nc1ccc(F)cc1)Cc1ccc(Br)cc1. The molecule has 0 aliphatic carbocycles. The molecule has 0 saturated heterocycles. The first-order valence-corrected chi connectivity index (χ1v) is 8.59.